The molecule has 0 aliphatic rings. The first kappa shape index (κ1) is 25.6. The smallest absolute Gasteiger partial charge is 0.250 e. The van der Waals surface area contributed by atoms with Gasteiger partial charge in [0.15, 0.2) is 11.0 Å². The predicted octanol–water partition coefficient (Wildman–Crippen LogP) is 6.61. The molecule has 0 aliphatic carbocycles. The van der Waals surface area contributed by atoms with Gasteiger partial charge in [0.2, 0.25) is 0 Å². The highest BCUT2D eigenvalue weighted by Gasteiger charge is 2.17. The number of hydrogen-bond acceptors (Lipinski definition) is 5. The third-order valence-electron chi connectivity index (χ3n) is 6.81. The van der Waals surface area contributed by atoms with E-state index in [2.05, 4.69) is 87.7 Å². The van der Waals surface area contributed by atoms with Crippen LogP contribution < -0.4 is 5.43 Å². The summed E-state index contributed by atoms with van der Waals surface area (Å²) in [6, 6.07) is 32.8. The zero-order valence-electron chi connectivity index (χ0n) is 22.3. The molecule has 7 nitrogen and oxygen atoms in total. The number of carbonyl (C=O) groups is 1. The summed E-state index contributed by atoms with van der Waals surface area (Å²) in [6.07, 6.45) is 1.68. The van der Waals surface area contributed by atoms with Crippen molar-refractivity contribution in [3.63, 3.8) is 0 Å². The van der Waals surface area contributed by atoms with Crippen molar-refractivity contribution >= 4 is 45.7 Å². The second-order valence-electron chi connectivity index (χ2n) is 9.46. The summed E-state index contributed by atoms with van der Waals surface area (Å²) < 4.78 is 4.29. The maximum atomic E-state index is 12.7. The topological polar surface area (TPSA) is 77.1 Å². The van der Waals surface area contributed by atoms with Gasteiger partial charge in [-0.1, -0.05) is 84.1 Å². The van der Waals surface area contributed by atoms with E-state index in [0.717, 1.165) is 29.2 Å². The molecule has 2 aromatic heterocycles. The molecule has 0 unspecified atom stereocenters. The zero-order chi connectivity index (χ0) is 27.5. The van der Waals surface area contributed by atoms with Gasteiger partial charge in [0, 0.05) is 39.6 Å². The summed E-state index contributed by atoms with van der Waals surface area (Å²) in [5, 5.41) is 16.1. The molecule has 4 aromatic carbocycles. The van der Waals surface area contributed by atoms with Crippen LogP contribution in [0.15, 0.2) is 107 Å². The van der Waals surface area contributed by atoms with Crippen molar-refractivity contribution in [3.05, 3.63) is 108 Å². The van der Waals surface area contributed by atoms with E-state index in [-0.39, 0.29) is 11.7 Å². The van der Waals surface area contributed by atoms with Gasteiger partial charge < -0.3 is 4.57 Å². The SMILES string of the molecule is CCn1c2ccccc2c2cc(C=NNC(=O)CSc3nnc(-c4ccc(C)cc4)n3-c3ccccc3)ccc21. The summed E-state index contributed by atoms with van der Waals surface area (Å²) in [6.45, 7) is 5.10. The Morgan fingerprint density at radius 3 is 2.45 bits per heavy atom. The number of rotatable bonds is 8. The van der Waals surface area contributed by atoms with Crippen LogP contribution in [-0.4, -0.2) is 37.2 Å². The number of nitrogens with one attached hydrogen (secondary N) is 1. The molecule has 6 aromatic rings. The van der Waals surface area contributed by atoms with Crippen LogP contribution in [0, 0.1) is 6.92 Å². The van der Waals surface area contributed by atoms with Gasteiger partial charge in [-0.25, -0.2) is 5.43 Å². The average molecular weight is 545 g/mol. The summed E-state index contributed by atoms with van der Waals surface area (Å²) in [7, 11) is 0. The van der Waals surface area contributed by atoms with Crippen molar-refractivity contribution in [3.8, 4) is 17.1 Å². The Hall–Kier alpha value is -4.69. The van der Waals surface area contributed by atoms with E-state index in [9.17, 15) is 4.79 Å². The number of amides is 1. The molecule has 1 amide bonds. The number of thioether (sulfide) groups is 1. The Labute approximate surface area is 236 Å². The monoisotopic (exact) mass is 544 g/mol. The molecule has 1 N–H and O–H groups in total. The molecular weight excluding hydrogens is 516 g/mol. The fourth-order valence-corrected chi connectivity index (χ4v) is 5.64. The van der Waals surface area contributed by atoms with Gasteiger partial charge in [-0.2, -0.15) is 5.10 Å². The van der Waals surface area contributed by atoms with Gasteiger partial charge in [-0.3, -0.25) is 9.36 Å². The lowest BCUT2D eigenvalue weighted by molar-refractivity contribution is -0.118. The lowest BCUT2D eigenvalue weighted by Gasteiger charge is -2.10. The number of nitrogens with zero attached hydrogens (tertiary/aromatic N) is 5. The Bertz CT molecular complexity index is 1840. The van der Waals surface area contributed by atoms with Crippen molar-refractivity contribution in [1.82, 2.24) is 24.8 Å². The molecule has 0 saturated carbocycles. The number of fused-ring (bicyclic) bond motifs is 3. The Morgan fingerprint density at radius 2 is 1.65 bits per heavy atom. The first-order chi connectivity index (χ1) is 19.6. The van der Waals surface area contributed by atoms with Crippen LogP contribution in [0.2, 0.25) is 0 Å². The van der Waals surface area contributed by atoms with Gasteiger partial charge in [0.25, 0.3) is 5.91 Å². The molecule has 0 spiro atoms. The Morgan fingerprint density at radius 1 is 0.900 bits per heavy atom. The molecule has 0 radical (unpaired) electrons. The molecule has 0 saturated heterocycles. The largest absolute Gasteiger partial charge is 0.341 e. The molecule has 40 heavy (non-hydrogen) atoms. The lowest BCUT2D eigenvalue weighted by atomic mass is 10.1. The molecule has 198 valence electrons. The van der Waals surface area contributed by atoms with E-state index in [1.807, 2.05) is 53.1 Å². The average Bonchev–Trinajstić information content (AvgIpc) is 3.56. The normalized spacial score (nSPS) is 11.6. The van der Waals surface area contributed by atoms with Gasteiger partial charge in [0.1, 0.15) is 0 Å². The highest BCUT2D eigenvalue weighted by molar-refractivity contribution is 7.99. The first-order valence-corrected chi connectivity index (χ1v) is 14.1. The number of benzene rings is 4. The third kappa shape index (κ3) is 5.01. The maximum Gasteiger partial charge on any atom is 0.250 e. The maximum absolute atomic E-state index is 12.7. The number of hydrogen-bond donors (Lipinski definition) is 1. The van der Waals surface area contributed by atoms with Crippen molar-refractivity contribution in [2.75, 3.05) is 5.75 Å². The number of carbonyl (C=O) groups excluding carboxylic acids is 1. The van der Waals surface area contributed by atoms with Crippen LogP contribution in [-0.2, 0) is 11.3 Å². The van der Waals surface area contributed by atoms with Crippen LogP contribution in [0.4, 0.5) is 0 Å². The van der Waals surface area contributed by atoms with Gasteiger partial charge >= 0.3 is 0 Å². The summed E-state index contributed by atoms with van der Waals surface area (Å²) in [5.74, 6) is 0.663. The number of para-hydroxylation sites is 2. The fourth-order valence-electron chi connectivity index (χ4n) is 4.90. The van der Waals surface area contributed by atoms with Crippen molar-refractivity contribution in [1.29, 1.82) is 0 Å². The lowest BCUT2D eigenvalue weighted by Crippen LogP contribution is -2.20. The summed E-state index contributed by atoms with van der Waals surface area (Å²) >= 11 is 1.32. The van der Waals surface area contributed by atoms with Crippen molar-refractivity contribution < 1.29 is 4.79 Å². The zero-order valence-corrected chi connectivity index (χ0v) is 23.1. The molecule has 2 heterocycles. The number of hydrazone groups is 1. The molecule has 0 aliphatic heterocycles. The molecule has 6 rings (SSSR count). The number of aryl methyl sites for hydroxylation is 2. The van der Waals surface area contributed by atoms with Crippen LogP contribution in [0.1, 0.15) is 18.1 Å². The van der Waals surface area contributed by atoms with E-state index in [1.165, 1.54) is 39.1 Å². The number of aromatic nitrogens is 4. The van der Waals surface area contributed by atoms with Crippen LogP contribution in [0.3, 0.4) is 0 Å². The molecular formula is C32H28N6OS. The van der Waals surface area contributed by atoms with Crippen molar-refractivity contribution in [2.45, 2.75) is 25.5 Å². The molecule has 0 fully saturated rings. The molecule has 0 bridgehead atoms. The standard InChI is InChI=1S/C32H28N6OS/c1-3-37-28-12-8-7-11-26(28)27-19-23(15-18-29(27)37)20-33-34-30(39)21-40-32-36-35-31(24-16-13-22(2)14-17-24)38(32)25-9-5-4-6-10-25/h4-20H,3,21H2,1-2H3,(H,34,39). The minimum atomic E-state index is -0.218. The highest BCUT2D eigenvalue weighted by Crippen LogP contribution is 2.30. The predicted molar refractivity (Wildman–Crippen MR) is 163 cm³/mol. The highest BCUT2D eigenvalue weighted by atomic mass is 32.2. The van der Waals surface area contributed by atoms with E-state index in [0.29, 0.717) is 5.16 Å². The summed E-state index contributed by atoms with van der Waals surface area (Å²) in [5.41, 5.74) is 9.05. The van der Waals surface area contributed by atoms with E-state index < -0.39 is 0 Å². The van der Waals surface area contributed by atoms with E-state index in [1.54, 1.807) is 6.21 Å². The molecule has 8 heteroatoms. The van der Waals surface area contributed by atoms with Crippen LogP contribution in [0.5, 0.6) is 0 Å². The fraction of sp³-hybridized carbons (Fsp3) is 0.125. The van der Waals surface area contributed by atoms with Gasteiger partial charge in [-0.15, -0.1) is 10.2 Å². The second-order valence-corrected chi connectivity index (χ2v) is 10.4. The Balaban J connectivity index is 1.17. The Kier molecular flexibility index (Phi) is 7.16. The van der Waals surface area contributed by atoms with Gasteiger partial charge in [0.05, 0.1) is 12.0 Å². The third-order valence-corrected chi connectivity index (χ3v) is 7.73. The second kappa shape index (κ2) is 11.2. The minimum Gasteiger partial charge on any atom is -0.341 e. The van der Waals surface area contributed by atoms with Gasteiger partial charge in [-0.05, 0) is 49.7 Å². The van der Waals surface area contributed by atoms with Crippen LogP contribution in [0.25, 0.3) is 38.9 Å². The minimum absolute atomic E-state index is 0.152. The van der Waals surface area contributed by atoms with E-state index in [4.69, 9.17) is 0 Å². The van der Waals surface area contributed by atoms with Crippen LogP contribution >= 0.6 is 11.8 Å². The van der Waals surface area contributed by atoms with E-state index >= 15 is 0 Å². The first-order valence-electron chi connectivity index (χ1n) is 13.2. The quantitative estimate of drug-likeness (QED) is 0.133. The molecule has 0 atom stereocenters. The van der Waals surface area contributed by atoms with Crippen molar-refractivity contribution in [2.24, 2.45) is 5.10 Å². The summed E-state index contributed by atoms with van der Waals surface area (Å²) in [4.78, 5) is 12.7.